The Bertz CT molecular complexity index is 558. The van der Waals surface area contributed by atoms with Crippen molar-refractivity contribution in [1.29, 1.82) is 0 Å². The second-order valence-electron chi connectivity index (χ2n) is 4.31. The lowest BCUT2D eigenvalue weighted by molar-refractivity contribution is -0.142. The molecule has 17 heavy (non-hydrogen) atoms. The van der Waals surface area contributed by atoms with Crippen molar-refractivity contribution in [3.05, 3.63) is 30.5 Å². The Balaban J connectivity index is 1.78. The summed E-state index contributed by atoms with van der Waals surface area (Å²) in [7, 11) is 0. The van der Waals surface area contributed by atoms with E-state index < -0.39 is 0 Å². The third kappa shape index (κ3) is 1.78. The number of β-amino-alcohol motifs (C(OH)–C–C–N with tert-alkyl or cyclic N) is 1. The Hall–Kier alpha value is -1.88. The molecule has 3 rings (SSSR count). The first-order valence-corrected chi connectivity index (χ1v) is 5.60. The van der Waals surface area contributed by atoms with Gasteiger partial charge >= 0.3 is 0 Å². The number of rotatable bonds is 2. The van der Waals surface area contributed by atoms with Gasteiger partial charge in [0.05, 0.1) is 17.8 Å². The maximum Gasteiger partial charge on any atom is 0.244 e. The summed E-state index contributed by atoms with van der Waals surface area (Å²) in [6.45, 7) is 1.12. The fraction of sp³-hybridized carbons (Fsp3) is 0.333. The molecule has 1 aromatic heterocycles. The molecular formula is C12H13N3O2. The molecule has 0 aliphatic carbocycles. The van der Waals surface area contributed by atoms with Gasteiger partial charge in [-0.3, -0.25) is 9.48 Å². The normalized spacial score (nSPS) is 16.2. The van der Waals surface area contributed by atoms with Gasteiger partial charge in [0.2, 0.25) is 5.91 Å². The van der Waals surface area contributed by atoms with Gasteiger partial charge in [-0.15, -0.1) is 0 Å². The Labute approximate surface area is 98.3 Å². The number of amides is 1. The summed E-state index contributed by atoms with van der Waals surface area (Å²) in [5, 5.41) is 14.4. The molecule has 1 aromatic carbocycles. The van der Waals surface area contributed by atoms with E-state index in [1.54, 1.807) is 15.8 Å². The predicted molar refractivity (Wildman–Crippen MR) is 62.3 cm³/mol. The molecule has 1 saturated heterocycles. The summed E-state index contributed by atoms with van der Waals surface area (Å²) in [5.41, 5.74) is 0.960. The van der Waals surface area contributed by atoms with Gasteiger partial charge < -0.3 is 10.0 Å². The predicted octanol–water partition coefficient (Wildman–Crippen LogP) is 0.239. The Morgan fingerprint density at radius 2 is 2.18 bits per heavy atom. The topological polar surface area (TPSA) is 58.4 Å². The monoisotopic (exact) mass is 231 g/mol. The molecule has 88 valence electrons. The maximum atomic E-state index is 11.8. The molecule has 2 aromatic rings. The van der Waals surface area contributed by atoms with Gasteiger partial charge in [-0.2, -0.15) is 5.10 Å². The van der Waals surface area contributed by atoms with Crippen LogP contribution in [0.1, 0.15) is 0 Å². The molecule has 0 bridgehead atoms. The zero-order valence-electron chi connectivity index (χ0n) is 9.28. The third-order valence-corrected chi connectivity index (χ3v) is 3.05. The van der Waals surface area contributed by atoms with Gasteiger partial charge in [-0.1, -0.05) is 18.2 Å². The van der Waals surface area contributed by atoms with Crippen LogP contribution in [0.15, 0.2) is 30.5 Å². The van der Waals surface area contributed by atoms with E-state index in [9.17, 15) is 4.79 Å². The molecule has 1 amide bonds. The SMILES string of the molecule is O=C(Cn1ncc2ccccc21)N1CC(O)C1. The van der Waals surface area contributed by atoms with Gasteiger partial charge in [0.1, 0.15) is 6.54 Å². The number of aromatic nitrogens is 2. The number of aliphatic hydroxyl groups is 1. The zero-order valence-corrected chi connectivity index (χ0v) is 9.28. The van der Waals surface area contributed by atoms with Crippen molar-refractivity contribution < 1.29 is 9.90 Å². The first-order chi connectivity index (χ1) is 8.24. The van der Waals surface area contributed by atoms with Crippen molar-refractivity contribution in [2.75, 3.05) is 13.1 Å². The maximum absolute atomic E-state index is 11.8. The summed E-state index contributed by atoms with van der Waals surface area (Å²) in [6.07, 6.45) is 1.40. The average molecular weight is 231 g/mol. The van der Waals surface area contributed by atoms with E-state index >= 15 is 0 Å². The van der Waals surface area contributed by atoms with Gasteiger partial charge in [-0.05, 0) is 6.07 Å². The van der Waals surface area contributed by atoms with Gasteiger partial charge in [0.15, 0.2) is 0 Å². The number of benzene rings is 1. The highest BCUT2D eigenvalue weighted by Crippen LogP contribution is 2.14. The molecule has 2 heterocycles. The standard InChI is InChI=1S/C12H13N3O2/c16-10-6-14(7-10)12(17)8-15-11-4-2-1-3-9(11)5-13-15/h1-5,10,16H,6-8H2. The highest BCUT2D eigenvalue weighted by atomic mass is 16.3. The lowest BCUT2D eigenvalue weighted by Crippen LogP contribution is -2.54. The minimum Gasteiger partial charge on any atom is -0.389 e. The van der Waals surface area contributed by atoms with Crippen LogP contribution >= 0.6 is 0 Å². The van der Waals surface area contributed by atoms with E-state index in [0.29, 0.717) is 13.1 Å². The smallest absolute Gasteiger partial charge is 0.244 e. The van der Waals surface area contributed by atoms with Crippen LogP contribution in [0.5, 0.6) is 0 Å². The number of carbonyl (C=O) groups excluding carboxylic acids is 1. The van der Waals surface area contributed by atoms with Crippen LogP contribution < -0.4 is 0 Å². The molecule has 1 aliphatic heterocycles. The quantitative estimate of drug-likeness (QED) is 0.805. The summed E-state index contributed by atoms with van der Waals surface area (Å²) in [5.74, 6) is 0.00385. The first-order valence-electron chi connectivity index (χ1n) is 5.60. The van der Waals surface area contributed by atoms with E-state index in [2.05, 4.69) is 5.10 Å². The molecule has 0 unspecified atom stereocenters. The molecule has 5 heteroatoms. The molecule has 0 atom stereocenters. The number of fused-ring (bicyclic) bond motifs is 1. The van der Waals surface area contributed by atoms with Crippen LogP contribution in [0.2, 0.25) is 0 Å². The number of carbonyl (C=O) groups is 1. The van der Waals surface area contributed by atoms with E-state index in [4.69, 9.17) is 5.11 Å². The number of para-hydroxylation sites is 1. The lowest BCUT2D eigenvalue weighted by atomic mass is 10.2. The van der Waals surface area contributed by atoms with Crippen molar-refractivity contribution in [3.63, 3.8) is 0 Å². The Morgan fingerprint density at radius 3 is 2.94 bits per heavy atom. The van der Waals surface area contributed by atoms with Crippen LogP contribution in [-0.4, -0.2) is 44.9 Å². The fourth-order valence-corrected chi connectivity index (χ4v) is 2.04. The van der Waals surface area contributed by atoms with Gasteiger partial charge in [0.25, 0.3) is 0 Å². The van der Waals surface area contributed by atoms with Crippen LogP contribution in [0.25, 0.3) is 10.9 Å². The third-order valence-electron chi connectivity index (χ3n) is 3.05. The van der Waals surface area contributed by atoms with Crippen LogP contribution in [-0.2, 0) is 11.3 Å². The van der Waals surface area contributed by atoms with Crippen molar-refractivity contribution >= 4 is 16.8 Å². The number of likely N-dealkylation sites (tertiary alicyclic amines) is 1. The van der Waals surface area contributed by atoms with Crippen molar-refractivity contribution in [1.82, 2.24) is 14.7 Å². The summed E-state index contributed by atoms with van der Waals surface area (Å²) < 4.78 is 1.70. The second kappa shape index (κ2) is 3.85. The highest BCUT2D eigenvalue weighted by molar-refractivity contribution is 5.82. The zero-order chi connectivity index (χ0) is 11.8. The largest absolute Gasteiger partial charge is 0.389 e. The molecule has 0 spiro atoms. The van der Waals surface area contributed by atoms with Crippen molar-refractivity contribution in [2.24, 2.45) is 0 Å². The fourth-order valence-electron chi connectivity index (χ4n) is 2.04. The number of aliphatic hydroxyl groups excluding tert-OH is 1. The molecule has 1 N–H and O–H groups in total. The molecule has 5 nitrogen and oxygen atoms in total. The number of nitrogens with zero attached hydrogens (tertiary/aromatic N) is 3. The van der Waals surface area contributed by atoms with E-state index in [1.165, 1.54) is 0 Å². The minimum absolute atomic E-state index is 0.00385. The van der Waals surface area contributed by atoms with Gasteiger partial charge in [-0.25, -0.2) is 0 Å². The number of hydrogen-bond donors (Lipinski definition) is 1. The van der Waals surface area contributed by atoms with Crippen molar-refractivity contribution in [2.45, 2.75) is 12.6 Å². The molecule has 1 aliphatic rings. The first kappa shape index (κ1) is 10.3. The van der Waals surface area contributed by atoms with E-state index in [1.807, 2.05) is 24.3 Å². The molecule has 0 radical (unpaired) electrons. The average Bonchev–Trinajstić information content (AvgIpc) is 2.69. The highest BCUT2D eigenvalue weighted by Gasteiger charge is 2.28. The summed E-state index contributed by atoms with van der Waals surface area (Å²) in [4.78, 5) is 13.5. The molecule has 0 saturated carbocycles. The van der Waals surface area contributed by atoms with Gasteiger partial charge in [0, 0.05) is 18.5 Å². The van der Waals surface area contributed by atoms with Crippen LogP contribution in [0.4, 0.5) is 0 Å². The summed E-state index contributed by atoms with van der Waals surface area (Å²) in [6, 6.07) is 7.79. The van der Waals surface area contributed by atoms with Crippen LogP contribution in [0, 0.1) is 0 Å². The minimum atomic E-state index is -0.353. The Kier molecular flexibility index (Phi) is 2.33. The molecule has 1 fully saturated rings. The van der Waals surface area contributed by atoms with E-state index in [-0.39, 0.29) is 18.6 Å². The summed E-state index contributed by atoms with van der Waals surface area (Å²) >= 11 is 0. The van der Waals surface area contributed by atoms with Crippen molar-refractivity contribution in [3.8, 4) is 0 Å². The number of hydrogen-bond acceptors (Lipinski definition) is 3. The molecular weight excluding hydrogens is 218 g/mol. The van der Waals surface area contributed by atoms with Crippen LogP contribution in [0.3, 0.4) is 0 Å². The van der Waals surface area contributed by atoms with E-state index in [0.717, 1.165) is 10.9 Å². The second-order valence-corrected chi connectivity index (χ2v) is 4.31. The Morgan fingerprint density at radius 1 is 1.41 bits per heavy atom. The lowest BCUT2D eigenvalue weighted by Gasteiger charge is -2.35.